The molecule has 2 aliphatic rings. The first-order chi connectivity index (χ1) is 19.9. The fourth-order valence-electron chi connectivity index (χ4n) is 3.99. The number of anilines is 3. The number of carbonyl (C=O) groups excluding carboxylic acids is 1. The molecule has 2 aromatic carbocycles. The first-order valence-corrected chi connectivity index (χ1v) is 13.6. The number of amides is 1. The summed E-state index contributed by atoms with van der Waals surface area (Å²) in [6.07, 6.45) is 3.52. The van der Waals surface area contributed by atoms with Crippen LogP contribution in [-0.2, 0) is 11.3 Å². The van der Waals surface area contributed by atoms with Gasteiger partial charge in [0, 0.05) is 24.8 Å². The lowest BCUT2D eigenvalue weighted by atomic mass is 10.1. The third-order valence-corrected chi connectivity index (χ3v) is 6.15. The molecule has 6 bridgehead atoms. The lowest BCUT2D eigenvalue weighted by molar-refractivity contribution is -0.138. The Kier molecular flexibility index (Phi) is 10.5. The minimum atomic E-state index is -1.23. The largest absolute Gasteiger partial charge is 0.494 e. The second-order valence-corrected chi connectivity index (χ2v) is 9.24. The molecular weight excluding hydrogens is 530 g/mol. The molecular formula is C28H35N7O6. The highest BCUT2D eigenvalue weighted by molar-refractivity contribution is 5.99. The van der Waals surface area contributed by atoms with E-state index in [0.717, 1.165) is 37.0 Å². The van der Waals surface area contributed by atoms with Crippen LogP contribution in [0.3, 0.4) is 0 Å². The van der Waals surface area contributed by atoms with Crippen LogP contribution in [0.2, 0.25) is 0 Å². The zero-order valence-electron chi connectivity index (χ0n) is 22.9. The predicted octanol–water partition coefficient (Wildman–Crippen LogP) is 3.10. The molecule has 3 aromatic rings. The molecule has 0 aliphatic carbocycles. The van der Waals surface area contributed by atoms with Crippen molar-refractivity contribution in [3.05, 3.63) is 53.6 Å². The fourth-order valence-corrected chi connectivity index (χ4v) is 3.99. The van der Waals surface area contributed by atoms with Crippen LogP contribution in [0.25, 0.3) is 0 Å². The van der Waals surface area contributed by atoms with Gasteiger partial charge in [-0.15, -0.1) is 0 Å². The fraction of sp³-hybridized carbons (Fsp3) is 0.393. The van der Waals surface area contributed by atoms with Gasteiger partial charge in [0.1, 0.15) is 17.5 Å². The summed E-state index contributed by atoms with van der Waals surface area (Å²) < 4.78 is 17.4. The number of nitrogens with zero attached hydrogens (tertiary/aromatic N) is 3. The van der Waals surface area contributed by atoms with Crippen LogP contribution >= 0.6 is 0 Å². The Morgan fingerprint density at radius 2 is 1.76 bits per heavy atom. The molecule has 218 valence electrons. The van der Waals surface area contributed by atoms with Crippen LogP contribution in [0, 0.1) is 0 Å². The topological polar surface area (TPSA) is 183 Å². The van der Waals surface area contributed by atoms with Crippen LogP contribution in [-0.4, -0.2) is 64.3 Å². The second-order valence-electron chi connectivity index (χ2n) is 9.24. The Morgan fingerprint density at radius 3 is 2.46 bits per heavy atom. The smallest absolute Gasteiger partial charge is 0.327 e. The summed E-state index contributed by atoms with van der Waals surface area (Å²) in [4.78, 5) is 37.5. The molecule has 6 N–H and O–H groups in total. The van der Waals surface area contributed by atoms with E-state index >= 15 is 0 Å². The summed E-state index contributed by atoms with van der Waals surface area (Å²) in [5, 5.41) is 18.1. The Morgan fingerprint density at radius 1 is 1.02 bits per heavy atom. The van der Waals surface area contributed by atoms with E-state index in [1.807, 2.05) is 31.2 Å². The number of benzene rings is 2. The number of nitrogens with two attached hydrogens (primary N) is 1. The number of hydrogen-bond donors (Lipinski definition) is 5. The van der Waals surface area contributed by atoms with Gasteiger partial charge in [0.25, 0.3) is 5.91 Å². The summed E-state index contributed by atoms with van der Waals surface area (Å²) in [7, 11) is 0. The summed E-state index contributed by atoms with van der Waals surface area (Å²) in [5.74, 6) is -0.213. The zero-order chi connectivity index (χ0) is 29.0. The molecule has 13 nitrogen and oxygen atoms in total. The van der Waals surface area contributed by atoms with Gasteiger partial charge in [0.2, 0.25) is 11.9 Å². The van der Waals surface area contributed by atoms with Crippen LogP contribution in [0.5, 0.6) is 17.5 Å². The predicted molar refractivity (Wildman–Crippen MR) is 152 cm³/mol. The van der Waals surface area contributed by atoms with E-state index in [9.17, 15) is 14.7 Å². The number of hydrogen-bond acceptors (Lipinski definition) is 11. The molecule has 0 unspecified atom stereocenters. The van der Waals surface area contributed by atoms with Crippen LogP contribution < -0.4 is 35.9 Å². The SMILES string of the molecule is CCOc1nc2nc(n1)Nc1ccc(C(=O)N[C@H](CN)C(=O)O)c(c1)OCCCCCCOc1ccc(cc1)CN2. The van der Waals surface area contributed by atoms with Crippen LogP contribution in [0.1, 0.15) is 48.5 Å². The molecule has 0 fully saturated rings. The molecule has 1 aromatic heterocycles. The summed E-state index contributed by atoms with van der Waals surface area (Å²) in [5.41, 5.74) is 7.26. The van der Waals surface area contributed by atoms with Crippen molar-refractivity contribution in [2.45, 2.75) is 45.2 Å². The maximum atomic E-state index is 13.0. The van der Waals surface area contributed by atoms with Gasteiger partial charge in [-0.05, 0) is 62.4 Å². The van der Waals surface area contributed by atoms with E-state index < -0.39 is 17.9 Å². The Bertz CT molecular complexity index is 1320. The molecule has 1 amide bonds. The minimum absolute atomic E-state index is 0.142. The maximum absolute atomic E-state index is 13.0. The Labute approximate surface area is 237 Å². The number of aromatic nitrogens is 3. The number of ether oxygens (including phenoxy) is 3. The lowest BCUT2D eigenvalue weighted by Crippen LogP contribution is -2.45. The van der Waals surface area contributed by atoms with Gasteiger partial charge in [0.15, 0.2) is 0 Å². The minimum Gasteiger partial charge on any atom is -0.494 e. The van der Waals surface area contributed by atoms with Crippen LogP contribution in [0.4, 0.5) is 17.6 Å². The molecule has 41 heavy (non-hydrogen) atoms. The number of rotatable bonds is 6. The zero-order valence-corrected chi connectivity index (χ0v) is 22.9. The average molecular weight is 566 g/mol. The van der Waals surface area contributed by atoms with Gasteiger partial charge in [-0.1, -0.05) is 12.1 Å². The van der Waals surface area contributed by atoms with E-state index in [-0.39, 0.29) is 29.8 Å². The van der Waals surface area contributed by atoms with E-state index in [0.29, 0.717) is 38.0 Å². The van der Waals surface area contributed by atoms with Gasteiger partial charge >= 0.3 is 12.0 Å². The Hall–Kier alpha value is -4.65. The van der Waals surface area contributed by atoms with Crippen molar-refractivity contribution in [1.29, 1.82) is 0 Å². The second kappa shape index (κ2) is 14.7. The number of nitrogens with one attached hydrogen (secondary N) is 3. The van der Waals surface area contributed by atoms with Crippen molar-refractivity contribution in [3.63, 3.8) is 0 Å². The molecule has 5 rings (SSSR count). The molecule has 13 heteroatoms. The number of carbonyl (C=O) groups is 2. The maximum Gasteiger partial charge on any atom is 0.327 e. The van der Waals surface area contributed by atoms with Gasteiger partial charge in [-0.3, -0.25) is 4.79 Å². The average Bonchev–Trinajstić information content (AvgIpc) is 2.96. The third-order valence-electron chi connectivity index (χ3n) is 6.15. The number of fused-ring (bicyclic) bond motifs is 10. The highest BCUT2D eigenvalue weighted by atomic mass is 16.5. The quantitative estimate of drug-likeness (QED) is 0.295. The van der Waals surface area contributed by atoms with Crippen molar-refractivity contribution in [2.24, 2.45) is 5.73 Å². The van der Waals surface area contributed by atoms with E-state index in [4.69, 9.17) is 19.9 Å². The molecule has 2 aliphatic heterocycles. The highest BCUT2D eigenvalue weighted by Gasteiger charge is 2.22. The molecule has 0 spiro atoms. The normalized spacial score (nSPS) is 14.6. The van der Waals surface area contributed by atoms with Crippen molar-refractivity contribution in [2.75, 3.05) is 37.0 Å². The summed E-state index contributed by atoms with van der Waals surface area (Å²) >= 11 is 0. The number of carboxylic acid groups (broad SMARTS) is 1. The van der Waals surface area contributed by atoms with Crippen molar-refractivity contribution in [3.8, 4) is 17.5 Å². The van der Waals surface area contributed by atoms with Crippen molar-refractivity contribution in [1.82, 2.24) is 20.3 Å². The molecule has 3 heterocycles. The van der Waals surface area contributed by atoms with Gasteiger partial charge in [-0.2, -0.15) is 15.0 Å². The van der Waals surface area contributed by atoms with Crippen LogP contribution in [0.15, 0.2) is 42.5 Å². The first-order valence-electron chi connectivity index (χ1n) is 13.6. The van der Waals surface area contributed by atoms with Crippen molar-refractivity contribution < 1.29 is 28.9 Å². The van der Waals surface area contributed by atoms with E-state index in [1.54, 1.807) is 18.2 Å². The first kappa shape index (κ1) is 29.3. The number of aliphatic carboxylic acids is 1. The summed E-state index contributed by atoms with van der Waals surface area (Å²) in [6, 6.07) is 11.6. The monoisotopic (exact) mass is 565 g/mol. The Balaban J connectivity index is 1.62. The van der Waals surface area contributed by atoms with Crippen molar-refractivity contribution >= 4 is 29.5 Å². The summed E-state index contributed by atoms with van der Waals surface area (Å²) in [6.45, 7) is 3.39. The van der Waals surface area contributed by atoms with Gasteiger partial charge in [0.05, 0.1) is 25.4 Å². The van der Waals surface area contributed by atoms with Gasteiger partial charge < -0.3 is 41.0 Å². The van der Waals surface area contributed by atoms with Gasteiger partial charge in [-0.25, -0.2) is 4.79 Å². The lowest BCUT2D eigenvalue weighted by Gasteiger charge is -2.16. The molecule has 0 radical (unpaired) electrons. The standard InChI is InChI=1S/C28H35N7O6/c1-2-39-28-34-26-30-17-18-7-10-20(11-8-18)40-13-5-3-4-6-14-41-23-15-19(31-27(33-26)35-28)9-12-21(23)24(36)32-22(16-29)25(37)38/h7-12,15,22H,2-6,13-14,16-17,29H2,1H3,(H,32,36)(H,37,38)(H2,30,31,33,34,35)/t22-/m1/s1. The molecule has 0 saturated heterocycles. The molecule has 0 saturated carbocycles. The number of carboxylic acids is 1. The van der Waals surface area contributed by atoms with E-state index in [1.165, 1.54) is 0 Å². The third kappa shape index (κ3) is 8.67. The van der Waals surface area contributed by atoms with E-state index in [2.05, 4.69) is 30.9 Å². The molecule has 1 atom stereocenters. The highest BCUT2D eigenvalue weighted by Crippen LogP contribution is 2.27.